The van der Waals surface area contributed by atoms with Crippen molar-refractivity contribution in [3.8, 4) is 0 Å². The lowest BCUT2D eigenvalue weighted by molar-refractivity contribution is 0.121. The fourth-order valence-corrected chi connectivity index (χ4v) is 1.98. The van der Waals surface area contributed by atoms with Gasteiger partial charge in [-0.1, -0.05) is 6.92 Å². The van der Waals surface area contributed by atoms with Gasteiger partial charge in [0, 0.05) is 32.0 Å². The van der Waals surface area contributed by atoms with Crippen LogP contribution in [0.2, 0.25) is 0 Å². The van der Waals surface area contributed by atoms with Gasteiger partial charge in [0.05, 0.1) is 11.4 Å². The SMILES string of the molecule is CCCn1nccc1CNCc1ccn(CC(F)F)n1. The van der Waals surface area contributed by atoms with E-state index in [-0.39, 0.29) is 6.54 Å². The van der Waals surface area contributed by atoms with Crippen LogP contribution in [0.1, 0.15) is 24.7 Å². The molecule has 2 aromatic rings. The van der Waals surface area contributed by atoms with Gasteiger partial charge in [-0.3, -0.25) is 9.36 Å². The third kappa shape index (κ3) is 4.12. The molecule has 0 aromatic carbocycles. The lowest BCUT2D eigenvalue weighted by Gasteiger charge is -2.06. The molecule has 0 aliphatic carbocycles. The second-order valence-electron chi connectivity index (χ2n) is 4.57. The Morgan fingerprint density at radius 2 is 2.15 bits per heavy atom. The van der Waals surface area contributed by atoms with Crippen LogP contribution in [-0.2, 0) is 26.2 Å². The number of rotatable bonds is 8. The third-order valence-corrected chi connectivity index (χ3v) is 2.87. The fraction of sp³-hybridized carbons (Fsp3) is 0.538. The van der Waals surface area contributed by atoms with Crippen LogP contribution < -0.4 is 5.32 Å². The van der Waals surface area contributed by atoms with E-state index in [0.29, 0.717) is 13.1 Å². The Kier molecular flexibility index (Phi) is 5.23. The Bertz CT molecular complexity index is 520. The molecule has 0 bridgehead atoms. The Balaban J connectivity index is 1.80. The molecule has 2 heterocycles. The predicted molar refractivity (Wildman–Crippen MR) is 71.3 cm³/mol. The van der Waals surface area contributed by atoms with E-state index in [0.717, 1.165) is 24.4 Å². The van der Waals surface area contributed by atoms with Gasteiger partial charge in [0.25, 0.3) is 6.43 Å². The van der Waals surface area contributed by atoms with Crippen molar-refractivity contribution in [2.45, 2.75) is 45.9 Å². The highest BCUT2D eigenvalue weighted by Crippen LogP contribution is 2.03. The average Bonchev–Trinajstić information content (AvgIpc) is 3.00. The molecule has 0 radical (unpaired) electrons. The van der Waals surface area contributed by atoms with E-state index >= 15 is 0 Å². The first-order chi connectivity index (χ1) is 9.69. The van der Waals surface area contributed by atoms with Crippen LogP contribution in [0, 0.1) is 0 Å². The summed E-state index contributed by atoms with van der Waals surface area (Å²) in [6.45, 7) is 3.88. The van der Waals surface area contributed by atoms with Crippen molar-refractivity contribution in [2.75, 3.05) is 0 Å². The minimum Gasteiger partial charge on any atom is -0.305 e. The lowest BCUT2D eigenvalue weighted by Crippen LogP contribution is -2.17. The van der Waals surface area contributed by atoms with Gasteiger partial charge in [0.15, 0.2) is 0 Å². The number of hydrogen-bond donors (Lipinski definition) is 1. The molecule has 5 nitrogen and oxygen atoms in total. The maximum atomic E-state index is 12.2. The first-order valence-corrected chi connectivity index (χ1v) is 6.71. The molecular formula is C13H19F2N5. The first kappa shape index (κ1) is 14.6. The average molecular weight is 283 g/mol. The zero-order valence-electron chi connectivity index (χ0n) is 11.5. The second-order valence-corrected chi connectivity index (χ2v) is 4.57. The standard InChI is InChI=1S/C13H19F2N5/c1-2-6-20-12(3-5-17-20)9-16-8-11-4-7-19(18-11)10-13(14)15/h3-5,7,13,16H,2,6,8-10H2,1H3. The highest BCUT2D eigenvalue weighted by molar-refractivity contribution is 5.02. The zero-order valence-corrected chi connectivity index (χ0v) is 11.5. The van der Waals surface area contributed by atoms with Crippen molar-refractivity contribution in [3.63, 3.8) is 0 Å². The minimum absolute atomic E-state index is 0.358. The smallest absolute Gasteiger partial charge is 0.257 e. The third-order valence-electron chi connectivity index (χ3n) is 2.87. The van der Waals surface area contributed by atoms with E-state index in [1.165, 1.54) is 4.68 Å². The molecule has 7 heteroatoms. The van der Waals surface area contributed by atoms with Crippen molar-refractivity contribution in [1.82, 2.24) is 24.9 Å². The van der Waals surface area contributed by atoms with Crippen LogP contribution in [0.25, 0.3) is 0 Å². The van der Waals surface area contributed by atoms with Gasteiger partial charge < -0.3 is 5.32 Å². The maximum absolute atomic E-state index is 12.2. The van der Waals surface area contributed by atoms with Gasteiger partial charge in [-0.25, -0.2) is 8.78 Å². The van der Waals surface area contributed by atoms with Crippen molar-refractivity contribution >= 4 is 0 Å². The number of nitrogens with zero attached hydrogens (tertiary/aromatic N) is 4. The largest absolute Gasteiger partial charge is 0.305 e. The molecule has 110 valence electrons. The molecule has 1 N–H and O–H groups in total. The van der Waals surface area contributed by atoms with Gasteiger partial charge in [0.2, 0.25) is 0 Å². The Hall–Kier alpha value is -1.76. The summed E-state index contributed by atoms with van der Waals surface area (Å²) in [4.78, 5) is 0. The molecule has 0 aliphatic heterocycles. The topological polar surface area (TPSA) is 47.7 Å². The summed E-state index contributed by atoms with van der Waals surface area (Å²) in [7, 11) is 0. The van der Waals surface area contributed by atoms with E-state index in [1.807, 2.05) is 10.7 Å². The molecule has 0 fully saturated rings. The molecule has 2 rings (SSSR count). The number of aryl methyl sites for hydroxylation is 1. The summed E-state index contributed by atoms with van der Waals surface area (Å²) in [6, 6.07) is 3.72. The zero-order chi connectivity index (χ0) is 14.4. The van der Waals surface area contributed by atoms with Gasteiger partial charge >= 0.3 is 0 Å². The highest BCUT2D eigenvalue weighted by Gasteiger charge is 2.06. The van der Waals surface area contributed by atoms with Crippen LogP contribution in [0.3, 0.4) is 0 Å². The van der Waals surface area contributed by atoms with Gasteiger partial charge in [-0.15, -0.1) is 0 Å². The van der Waals surface area contributed by atoms with Crippen LogP contribution in [0.15, 0.2) is 24.5 Å². The van der Waals surface area contributed by atoms with Gasteiger partial charge in [0.1, 0.15) is 6.54 Å². The van der Waals surface area contributed by atoms with Gasteiger partial charge in [-0.05, 0) is 18.6 Å². The Morgan fingerprint density at radius 1 is 1.30 bits per heavy atom. The van der Waals surface area contributed by atoms with Crippen LogP contribution in [0.5, 0.6) is 0 Å². The van der Waals surface area contributed by atoms with Crippen molar-refractivity contribution < 1.29 is 8.78 Å². The summed E-state index contributed by atoms with van der Waals surface area (Å²) in [5.41, 5.74) is 1.87. The lowest BCUT2D eigenvalue weighted by atomic mass is 10.3. The molecule has 0 atom stereocenters. The minimum atomic E-state index is -2.38. The van der Waals surface area contributed by atoms with Crippen LogP contribution >= 0.6 is 0 Å². The molecule has 20 heavy (non-hydrogen) atoms. The molecule has 0 saturated carbocycles. The molecule has 0 amide bonds. The monoisotopic (exact) mass is 283 g/mol. The summed E-state index contributed by atoms with van der Waals surface area (Å²) >= 11 is 0. The summed E-state index contributed by atoms with van der Waals surface area (Å²) in [5.74, 6) is 0. The van der Waals surface area contributed by atoms with Crippen LogP contribution in [-0.4, -0.2) is 26.0 Å². The number of alkyl halides is 2. The number of halogens is 2. The number of hydrogen-bond acceptors (Lipinski definition) is 3. The first-order valence-electron chi connectivity index (χ1n) is 6.71. The quantitative estimate of drug-likeness (QED) is 0.806. The molecular weight excluding hydrogens is 264 g/mol. The van der Waals surface area contributed by atoms with E-state index < -0.39 is 6.43 Å². The summed E-state index contributed by atoms with van der Waals surface area (Å²) in [5, 5.41) is 11.6. The molecule has 0 saturated heterocycles. The van der Waals surface area contributed by atoms with E-state index in [1.54, 1.807) is 18.5 Å². The summed E-state index contributed by atoms with van der Waals surface area (Å²) < 4.78 is 27.6. The molecule has 0 aliphatic rings. The van der Waals surface area contributed by atoms with Crippen molar-refractivity contribution in [2.24, 2.45) is 0 Å². The Labute approximate surface area is 116 Å². The van der Waals surface area contributed by atoms with Gasteiger partial charge in [-0.2, -0.15) is 10.2 Å². The fourth-order valence-electron chi connectivity index (χ4n) is 1.98. The molecule has 0 unspecified atom stereocenters. The van der Waals surface area contributed by atoms with Crippen molar-refractivity contribution in [3.05, 3.63) is 35.9 Å². The molecule has 0 spiro atoms. The Morgan fingerprint density at radius 3 is 2.90 bits per heavy atom. The summed E-state index contributed by atoms with van der Waals surface area (Å²) in [6.07, 6.45) is 2.01. The normalized spacial score (nSPS) is 11.4. The van der Waals surface area contributed by atoms with Crippen molar-refractivity contribution in [1.29, 1.82) is 0 Å². The maximum Gasteiger partial charge on any atom is 0.257 e. The second kappa shape index (κ2) is 7.14. The van der Waals surface area contributed by atoms with E-state index in [2.05, 4.69) is 22.4 Å². The van der Waals surface area contributed by atoms with Crippen LogP contribution in [0.4, 0.5) is 8.78 Å². The van der Waals surface area contributed by atoms with E-state index in [4.69, 9.17) is 0 Å². The highest BCUT2D eigenvalue weighted by atomic mass is 19.3. The predicted octanol–water partition coefficient (Wildman–Crippen LogP) is 2.04. The van der Waals surface area contributed by atoms with E-state index in [9.17, 15) is 8.78 Å². The molecule has 2 aromatic heterocycles. The number of nitrogens with one attached hydrogen (secondary N) is 1. The number of aromatic nitrogens is 4.